The molecule has 2 aromatic heterocycles. The molecule has 3 aromatic rings. The van der Waals surface area contributed by atoms with Crippen LogP contribution in [0.2, 0.25) is 0 Å². The zero-order valence-corrected chi connectivity index (χ0v) is 17.7. The molecule has 0 aliphatic rings. The van der Waals surface area contributed by atoms with Gasteiger partial charge in [-0.2, -0.15) is 0 Å². The van der Waals surface area contributed by atoms with E-state index in [0.29, 0.717) is 12.4 Å². The van der Waals surface area contributed by atoms with Crippen molar-refractivity contribution < 1.29 is 9.13 Å². The molecule has 3 rings (SSSR count). The summed E-state index contributed by atoms with van der Waals surface area (Å²) in [4.78, 5) is 4.16. The van der Waals surface area contributed by atoms with Gasteiger partial charge in [-0.3, -0.25) is 0 Å². The van der Waals surface area contributed by atoms with Crippen molar-refractivity contribution >= 4 is 33.2 Å². The number of ether oxygens (including phenoxy) is 1. The van der Waals surface area contributed by atoms with Gasteiger partial charge < -0.3 is 9.14 Å². The number of imidazole rings is 1. The molecule has 0 spiro atoms. The molecule has 0 bridgehead atoms. The van der Waals surface area contributed by atoms with Crippen molar-refractivity contribution in [3.63, 3.8) is 0 Å². The summed E-state index contributed by atoms with van der Waals surface area (Å²) < 4.78 is 21.9. The van der Waals surface area contributed by atoms with Gasteiger partial charge in [-0.05, 0) is 43.2 Å². The van der Waals surface area contributed by atoms with Crippen molar-refractivity contribution in [1.29, 1.82) is 0 Å². The Labute approximate surface area is 154 Å². The topological polar surface area (TPSA) is 26.5 Å². The fraction of sp³-hybridized carbons (Fsp3) is 0.278. The number of aromatic nitrogens is 2. The molecule has 0 saturated carbocycles. The minimum Gasteiger partial charge on any atom is -0.492 e. The monoisotopic (exact) mass is 394 g/mol. The number of benzene rings is 1. The number of fused-ring (bicyclic) bond motifs is 1. The SMILES string of the molecule is CC(P)(P)COc1ccc(-c2ccc3cnc(C(C)(F)P)n3c2)cc1. The zero-order valence-electron chi connectivity index (χ0n) is 14.2. The van der Waals surface area contributed by atoms with Crippen LogP contribution in [0.5, 0.6) is 5.75 Å². The third-order valence-corrected chi connectivity index (χ3v) is 4.29. The molecule has 25 heavy (non-hydrogen) atoms. The molecule has 4 unspecified atom stereocenters. The normalized spacial score (nSPS) is 14.5. The van der Waals surface area contributed by atoms with Gasteiger partial charge in [0.15, 0.2) is 11.2 Å². The Balaban J connectivity index is 1.89. The van der Waals surface area contributed by atoms with Crippen LogP contribution in [-0.2, 0) is 5.41 Å². The second kappa shape index (κ2) is 6.92. The standard InChI is InChI=1S/C18H22FN2OP3/c1-17(23,24)11-22-15-7-4-12(5-8-15)13-3-6-14-9-20-16(18(2,19)25)21(14)10-13/h3-10H,11,23-25H2,1-2H3. The lowest BCUT2D eigenvalue weighted by Gasteiger charge is -2.18. The van der Waals surface area contributed by atoms with Gasteiger partial charge in [0, 0.05) is 11.1 Å². The summed E-state index contributed by atoms with van der Waals surface area (Å²) in [6.45, 7) is 4.14. The van der Waals surface area contributed by atoms with Crippen LogP contribution >= 0.6 is 27.7 Å². The van der Waals surface area contributed by atoms with E-state index in [0.717, 1.165) is 22.4 Å². The summed E-state index contributed by atoms with van der Waals surface area (Å²) in [5.41, 5.74) is 2.90. The van der Waals surface area contributed by atoms with Crippen LogP contribution in [0.25, 0.3) is 16.6 Å². The molecule has 0 radical (unpaired) electrons. The van der Waals surface area contributed by atoms with E-state index in [-0.39, 0.29) is 4.90 Å². The third kappa shape index (κ3) is 4.56. The van der Waals surface area contributed by atoms with Crippen molar-refractivity contribution in [3.8, 4) is 16.9 Å². The van der Waals surface area contributed by atoms with Gasteiger partial charge in [0.1, 0.15) is 12.4 Å². The summed E-state index contributed by atoms with van der Waals surface area (Å²) >= 11 is 0. The molecule has 0 fully saturated rings. The van der Waals surface area contributed by atoms with Gasteiger partial charge in [0.25, 0.3) is 0 Å². The average molecular weight is 394 g/mol. The second-order valence-electron chi connectivity index (χ2n) is 6.69. The van der Waals surface area contributed by atoms with Crippen LogP contribution in [0.15, 0.2) is 48.8 Å². The lowest BCUT2D eigenvalue weighted by atomic mass is 10.1. The Morgan fingerprint density at radius 1 is 1.04 bits per heavy atom. The first-order chi connectivity index (χ1) is 11.6. The molecular formula is C18H22FN2OP3. The summed E-state index contributed by atoms with van der Waals surface area (Å²) in [6.07, 6.45) is 3.60. The molecule has 0 N–H and O–H groups in total. The van der Waals surface area contributed by atoms with E-state index in [2.05, 4.69) is 39.6 Å². The Morgan fingerprint density at radius 2 is 1.68 bits per heavy atom. The van der Waals surface area contributed by atoms with Crippen LogP contribution in [-0.4, -0.2) is 20.9 Å². The van der Waals surface area contributed by atoms with Crippen molar-refractivity contribution in [2.45, 2.75) is 24.2 Å². The van der Waals surface area contributed by atoms with E-state index in [1.54, 1.807) is 10.6 Å². The number of hydrogen-bond acceptors (Lipinski definition) is 2. The average Bonchev–Trinajstić information content (AvgIpc) is 2.96. The van der Waals surface area contributed by atoms with Gasteiger partial charge in [-0.25, -0.2) is 9.37 Å². The highest BCUT2D eigenvalue weighted by Gasteiger charge is 2.24. The van der Waals surface area contributed by atoms with Gasteiger partial charge in [0.05, 0.1) is 11.7 Å². The lowest BCUT2D eigenvalue weighted by Crippen LogP contribution is -2.16. The molecule has 1 aromatic carbocycles. The Morgan fingerprint density at radius 3 is 2.28 bits per heavy atom. The predicted octanol–water partition coefficient (Wildman–Crippen LogP) is 4.86. The lowest BCUT2D eigenvalue weighted by molar-refractivity contribution is 0.306. The Kier molecular flexibility index (Phi) is 5.18. The minimum atomic E-state index is -1.58. The van der Waals surface area contributed by atoms with Crippen LogP contribution in [0.3, 0.4) is 0 Å². The molecule has 4 atom stereocenters. The van der Waals surface area contributed by atoms with E-state index in [9.17, 15) is 4.39 Å². The number of pyridine rings is 1. The minimum absolute atomic E-state index is 0.0429. The van der Waals surface area contributed by atoms with E-state index in [1.807, 2.05) is 42.6 Å². The molecule has 0 aliphatic carbocycles. The number of alkyl halides is 1. The molecule has 2 heterocycles. The first-order valence-corrected chi connectivity index (χ1v) is 9.63. The van der Waals surface area contributed by atoms with Crippen molar-refractivity contribution in [2.24, 2.45) is 0 Å². The van der Waals surface area contributed by atoms with Crippen molar-refractivity contribution in [3.05, 3.63) is 54.6 Å². The highest BCUT2D eigenvalue weighted by molar-refractivity contribution is 7.39. The Bertz CT molecular complexity index is 880. The van der Waals surface area contributed by atoms with Crippen LogP contribution < -0.4 is 4.74 Å². The molecule has 0 saturated heterocycles. The number of halogens is 1. The largest absolute Gasteiger partial charge is 0.492 e. The number of nitrogens with zero attached hydrogens (tertiary/aromatic N) is 2. The number of rotatable bonds is 5. The zero-order chi connectivity index (χ0) is 18.2. The van der Waals surface area contributed by atoms with Gasteiger partial charge in [0.2, 0.25) is 0 Å². The maximum Gasteiger partial charge on any atom is 0.178 e. The quantitative estimate of drug-likeness (QED) is 0.578. The van der Waals surface area contributed by atoms with Crippen LogP contribution in [0.4, 0.5) is 4.39 Å². The van der Waals surface area contributed by atoms with Crippen LogP contribution in [0.1, 0.15) is 19.7 Å². The summed E-state index contributed by atoms with van der Waals surface area (Å²) in [7, 11) is 7.67. The molecule has 0 amide bonds. The van der Waals surface area contributed by atoms with E-state index in [4.69, 9.17) is 4.74 Å². The maximum absolute atomic E-state index is 14.3. The molecule has 7 heteroatoms. The third-order valence-electron chi connectivity index (χ3n) is 3.70. The summed E-state index contributed by atoms with van der Waals surface area (Å²) in [6, 6.07) is 11.9. The van der Waals surface area contributed by atoms with Crippen LogP contribution in [0, 0.1) is 0 Å². The fourth-order valence-corrected chi connectivity index (χ4v) is 2.89. The van der Waals surface area contributed by atoms with E-state index in [1.165, 1.54) is 6.92 Å². The maximum atomic E-state index is 14.3. The molecule has 3 nitrogen and oxygen atoms in total. The Hall–Kier alpha value is -1.07. The summed E-state index contributed by atoms with van der Waals surface area (Å²) in [5, 5.41) is -1.58. The molecular weight excluding hydrogens is 372 g/mol. The second-order valence-corrected chi connectivity index (χ2v) is 11.1. The van der Waals surface area contributed by atoms with Crippen molar-refractivity contribution in [1.82, 2.24) is 9.38 Å². The van der Waals surface area contributed by atoms with Gasteiger partial charge in [-0.1, -0.05) is 27.4 Å². The predicted molar refractivity (Wildman–Crippen MR) is 112 cm³/mol. The van der Waals surface area contributed by atoms with Gasteiger partial charge in [-0.15, -0.1) is 18.5 Å². The molecule has 0 aliphatic heterocycles. The van der Waals surface area contributed by atoms with E-state index < -0.39 is 5.41 Å². The number of hydrogen-bond donors (Lipinski definition) is 0. The fourth-order valence-electron chi connectivity index (χ4n) is 2.51. The smallest absolute Gasteiger partial charge is 0.178 e. The molecule has 132 valence electrons. The highest BCUT2D eigenvalue weighted by Crippen LogP contribution is 2.33. The first kappa shape index (κ1) is 18.7. The van der Waals surface area contributed by atoms with E-state index >= 15 is 0 Å². The first-order valence-electron chi connectivity index (χ1n) is 7.90. The van der Waals surface area contributed by atoms with Gasteiger partial charge >= 0.3 is 0 Å². The van der Waals surface area contributed by atoms with Crippen molar-refractivity contribution in [2.75, 3.05) is 6.61 Å². The highest BCUT2D eigenvalue weighted by atomic mass is 31.1. The summed E-state index contributed by atoms with van der Waals surface area (Å²) in [5.74, 6) is 1.19.